The van der Waals surface area contributed by atoms with Crippen molar-refractivity contribution in [2.45, 2.75) is 51.4 Å². The van der Waals surface area contributed by atoms with Crippen molar-refractivity contribution in [3.05, 3.63) is 28.8 Å². The molecule has 1 saturated heterocycles. The standard InChI is InChI=1S/C21H25F3N4O2S/c1-4-28(11-12-6-5-7-25-12)19-27-16-15(21(22,23)24)14(20(2,3)29)10-13(17(16)30-19)18-26-8-9-31-18/h8-10,12,25,29H,4-7,11H2,1-3H3. The Bertz CT molecular complexity index is 1050. The molecule has 6 nitrogen and oxygen atoms in total. The Kier molecular flexibility index (Phi) is 5.74. The lowest BCUT2D eigenvalue weighted by Gasteiger charge is -2.23. The highest BCUT2D eigenvalue weighted by Crippen LogP contribution is 2.45. The molecule has 0 spiro atoms. The molecule has 1 aromatic carbocycles. The summed E-state index contributed by atoms with van der Waals surface area (Å²) in [7, 11) is 0. The summed E-state index contributed by atoms with van der Waals surface area (Å²) in [6.45, 7) is 6.64. The number of nitrogens with zero attached hydrogens (tertiary/aromatic N) is 3. The van der Waals surface area contributed by atoms with Crippen molar-refractivity contribution in [2.24, 2.45) is 0 Å². The van der Waals surface area contributed by atoms with Crippen molar-refractivity contribution >= 4 is 28.5 Å². The van der Waals surface area contributed by atoms with E-state index in [0.717, 1.165) is 19.4 Å². The number of oxazole rings is 1. The van der Waals surface area contributed by atoms with Crippen LogP contribution >= 0.6 is 11.3 Å². The van der Waals surface area contributed by atoms with Gasteiger partial charge in [-0.3, -0.25) is 0 Å². The van der Waals surface area contributed by atoms with E-state index in [1.165, 1.54) is 31.3 Å². The minimum Gasteiger partial charge on any atom is -0.423 e. The average Bonchev–Trinajstić information content (AvgIpc) is 3.44. The van der Waals surface area contributed by atoms with Crippen LogP contribution in [0.5, 0.6) is 0 Å². The highest BCUT2D eigenvalue weighted by molar-refractivity contribution is 7.13. The first-order valence-electron chi connectivity index (χ1n) is 10.3. The van der Waals surface area contributed by atoms with Gasteiger partial charge in [0.05, 0.1) is 16.7 Å². The van der Waals surface area contributed by atoms with E-state index >= 15 is 0 Å². The van der Waals surface area contributed by atoms with Gasteiger partial charge in [-0.05, 0) is 51.8 Å². The number of hydrogen-bond donors (Lipinski definition) is 2. The molecule has 0 saturated carbocycles. The maximum atomic E-state index is 14.2. The first-order chi connectivity index (χ1) is 14.6. The van der Waals surface area contributed by atoms with Crippen molar-refractivity contribution in [3.8, 4) is 10.6 Å². The van der Waals surface area contributed by atoms with E-state index in [2.05, 4.69) is 15.3 Å². The van der Waals surface area contributed by atoms with E-state index in [9.17, 15) is 18.3 Å². The van der Waals surface area contributed by atoms with Crippen LogP contribution in [0.2, 0.25) is 0 Å². The number of aliphatic hydroxyl groups is 1. The van der Waals surface area contributed by atoms with Gasteiger partial charge in [-0.1, -0.05) is 0 Å². The summed E-state index contributed by atoms with van der Waals surface area (Å²) in [5.74, 6) is 0. The zero-order valence-corrected chi connectivity index (χ0v) is 18.4. The molecule has 0 bridgehead atoms. The number of likely N-dealkylation sites (N-methyl/N-ethyl adjacent to an activating group) is 1. The smallest absolute Gasteiger partial charge is 0.419 e. The van der Waals surface area contributed by atoms with Crippen LogP contribution in [0.4, 0.5) is 19.2 Å². The van der Waals surface area contributed by atoms with Gasteiger partial charge in [0, 0.05) is 30.7 Å². The molecule has 1 atom stereocenters. The predicted octanol–water partition coefficient (Wildman–Crippen LogP) is 4.78. The summed E-state index contributed by atoms with van der Waals surface area (Å²) in [4.78, 5) is 10.4. The van der Waals surface area contributed by atoms with Crippen LogP contribution < -0.4 is 10.2 Å². The molecule has 10 heteroatoms. The maximum Gasteiger partial charge on any atom is 0.419 e. The van der Waals surface area contributed by atoms with Crippen LogP contribution in [-0.2, 0) is 11.8 Å². The summed E-state index contributed by atoms with van der Waals surface area (Å²) in [6.07, 6.45) is -1.07. The molecule has 1 unspecified atom stereocenters. The summed E-state index contributed by atoms with van der Waals surface area (Å²) in [5.41, 5.74) is -2.84. The molecule has 3 aromatic rings. The lowest BCUT2D eigenvalue weighted by Crippen LogP contribution is -2.37. The Balaban J connectivity index is 1.95. The Hall–Kier alpha value is -2.17. The molecule has 4 rings (SSSR count). The van der Waals surface area contributed by atoms with Gasteiger partial charge < -0.3 is 19.7 Å². The lowest BCUT2D eigenvalue weighted by atomic mass is 9.90. The SMILES string of the molecule is CCN(CC1CCCN1)c1nc2c(C(F)(F)F)c(C(C)(C)O)cc(-c3nccs3)c2o1. The molecular formula is C21H25F3N4O2S. The Labute approximate surface area is 182 Å². The fourth-order valence-electron chi connectivity index (χ4n) is 4.01. The van der Waals surface area contributed by atoms with Crippen molar-refractivity contribution < 1.29 is 22.7 Å². The number of benzene rings is 1. The second-order valence-corrected chi connectivity index (χ2v) is 9.14. The first-order valence-corrected chi connectivity index (χ1v) is 11.1. The van der Waals surface area contributed by atoms with Crippen molar-refractivity contribution in [1.29, 1.82) is 0 Å². The second kappa shape index (κ2) is 8.07. The maximum absolute atomic E-state index is 14.2. The number of alkyl halides is 3. The average molecular weight is 455 g/mol. The van der Waals surface area contributed by atoms with Crippen LogP contribution in [-0.4, -0.2) is 40.8 Å². The van der Waals surface area contributed by atoms with E-state index < -0.39 is 17.3 Å². The van der Waals surface area contributed by atoms with E-state index in [-0.39, 0.29) is 28.7 Å². The van der Waals surface area contributed by atoms with Crippen molar-refractivity contribution in [1.82, 2.24) is 15.3 Å². The normalized spacial score (nSPS) is 17.6. The third-order valence-corrected chi connectivity index (χ3v) is 6.32. The number of nitrogens with one attached hydrogen (secondary N) is 1. The van der Waals surface area contributed by atoms with Crippen molar-refractivity contribution in [2.75, 3.05) is 24.5 Å². The molecule has 2 N–H and O–H groups in total. The Morgan fingerprint density at radius 1 is 1.35 bits per heavy atom. The van der Waals surface area contributed by atoms with E-state index in [4.69, 9.17) is 4.42 Å². The molecule has 0 radical (unpaired) electrons. The summed E-state index contributed by atoms with van der Waals surface area (Å²) < 4.78 is 48.5. The molecule has 3 heterocycles. The van der Waals surface area contributed by atoms with Crippen LogP contribution in [0.15, 0.2) is 22.1 Å². The highest BCUT2D eigenvalue weighted by Gasteiger charge is 2.42. The van der Waals surface area contributed by atoms with Gasteiger partial charge in [0.1, 0.15) is 10.5 Å². The summed E-state index contributed by atoms with van der Waals surface area (Å²) in [5, 5.41) is 16.2. The van der Waals surface area contributed by atoms with Crippen LogP contribution in [0.3, 0.4) is 0 Å². The largest absolute Gasteiger partial charge is 0.423 e. The number of anilines is 1. The molecule has 0 aliphatic carbocycles. The minimum atomic E-state index is -4.72. The number of hydrogen-bond acceptors (Lipinski definition) is 7. The molecule has 168 valence electrons. The summed E-state index contributed by atoms with van der Waals surface area (Å²) in [6, 6.07) is 1.71. The fourth-order valence-corrected chi connectivity index (χ4v) is 4.66. The van der Waals surface area contributed by atoms with Gasteiger partial charge in [0.15, 0.2) is 5.58 Å². The number of fused-ring (bicyclic) bond motifs is 1. The zero-order chi connectivity index (χ0) is 22.4. The van der Waals surface area contributed by atoms with E-state index in [1.807, 2.05) is 11.8 Å². The molecular weight excluding hydrogens is 429 g/mol. The molecule has 1 fully saturated rings. The quantitative estimate of drug-likeness (QED) is 0.559. The fraction of sp³-hybridized carbons (Fsp3) is 0.524. The van der Waals surface area contributed by atoms with Gasteiger partial charge in [0.25, 0.3) is 6.01 Å². The number of halogens is 3. The van der Waals surface area contributed by atoms with Gasteiger partial charge in [0.2, 0.25) is 0 Å². The van der Waals surface area contributed by atoms with Crippen molar-refractivity contribution in [3.63, 3.8) is 0 Å². The van der Waals surface area contributed by atoms with Gasteiger partial charge in [-0.25, -0.2) is 4.98 Å². The van der Waals surface area contributed by atoms with E-state index in [1.54, 1.807) is 11.6 Å². The molecule has 1 aliphatic heterocycles. The number of rotatable bonds is 6. The Morgan fingerprint density at radius 3 is 2.68 bits per heavy atom. The second-order valence-electron chi connectivity index (χ2n) is 8.25. The van der Waals surface area contributed by atoms with E-state index in [0.29, 0.717) is 23.7 Å². The third kappa shape index (κ3) is 4.28. The highest BCUT2D eigenvalue weighted by atomic mass is 32.1. The van der Waals surface area contributed by atoms with Gasteiger partial charge >= 0.3 is 6.18 Å². The summed E-state index contributed by atoms with van der Waals surface area (Å²) >= 11 is 1.29. The van der Waals surface area contributed by atoms with Gasteiger partial charge in [-0.15, -0.1) is 11.3 Å². The predicted molar refractivity (Wildman–Crippen MR) is 114 cm³/mol. The lowest BCUT2D eigenvalue weighted by molar-refractivity contribution is -0.139. The molecule has 31 heavy (non-hydrogen) atoms. The van der Waals surface area contributed by atoms with Gasteiger partial charge in [-0.2, -0.15) is 18.2 Å². The molecule has 1 aliphatic rings. The number of aromatic nitrogens is 2. The Morgan fingerprint density at radius 2 is 2.13 bits per heavy atom. The number of thiazole rings is 1. The van der Waals surface area contributed by atoms with Crippen LogP contribution in [0, 0.1) is 0 Å². The van der Waals surface area contributed by atoms with Crippen LogP contribution in [0.25, 0.3) is 21.7 Å². The molecule has 0 amide bonds. The monoisotopic (exact) mass is 454 g/mol. The molecule has 2 aromatic heterocycles. The minimum absolute atomic E-state index is 0.0307. The van der Waals surface area contributed by atoms with Crippen LogP contribution in [0.1, 0.15) is 44.7 Å². The first kappa shape index (κ1) is 22.0. The third-order valence-electron chi connectivity index (χ3n) is 5.52. The zero-order valence-electron chi connectivity index (χ0n) is 17.6. The topological polar surface area (TPSA) is 74.4 Å².